The van der Waals surface area contributed by atoms with Crippen molar-refractivity contribution in [2.75, 3.05) is 0 Å². The molecule has 0 saturated heterocycles. The summed E-state index contributed by atoms with van der Waals surface area (Å²) >= 11 is 1.60. The number of hydrogen-bond donors (Lipinski definition) is 2. The summed E-state index contributed by atoms with van der Waals surface area (Å²) < 4.78 is 5.25. The molecule has 0 aliphatic carbocycles. The molecule has 2 aromatic rings. The molecular formula is C13H17N3O2S. The minimum absolute atomic E-state index is 0.209. The van der Waals surface area contributed by atoms with Crippen LogP contribution in [0.15, 0.2) is 28.2 Å². The molecule has 5 nitrogen and oxygen atoms in total. The molecule has 1 amide bonds. The van der Waals surface area contributed by atoms with Crippen LogP contribution in [0.1, 0.15) is 41.1 Å². The number of nitrogens with two attached hydrogens (primary N) is 1. The first-order chi connectivity index (χ1) is 9.08. The lowest BCUT2D eigenvalue weighted by Gasteiger charge is -2.10. The van der Waals surface area contributed by atoms with Crippen molar-refractivity contribution in [3.05, 3.63) is 40.2 Å². The van der Waals surface area contributed by atoms with Gasteiger partial charge in [0.25, 0.3) is 5.91 Å². The highest BCUT2D eigenvalue weighted by Crippen LogP contribution is 2.18. The Balaban J connectivity index is 1.96. The van der Waals surface area contributed by atoms with Crippen LogP contribution >= 0.6 is 11.3 Å². The molecule has 2 aromatic heterocycles. The number of hydrogen-bond acceptors (Lipinski definition) is 5. The molecule has 6 heteroatoms. The van der Waals surface area contributed by atoms with Gasteiger partial charge in [-0.3, -0.25) is 4.79 Å². The zero-order chi connectivity index (χ0) is 13.8. The van der Waals surface area contributed by atoms with Crippen LogP contribution < -0.4 is 11.1 Å². The molecule has 0 aliphatic rings. The Morgan fingerprint density at radius 3 is 3.00 bits per heavy atom. The number of nitrogens with zero attached hydrogens (tertiary/aromatic N) is 1. The lowest BCUT2D eigenvalue weighted by atomic mass is 10.1. The maximum atomic E-state index is 11.9. The van der Waals surface area contributed by atoms with Crippen LogP contribution in [0.4, 0.5) is 0 Å². The first-order valence-electron chi connectivity index (χ1n) is 6.09. The van der Waals surface area contributed by atoms with E-state index >= 15 is 0 Å². The Kier molecular flexibility index (Phi) is 4.34. The summed E-state index contributed by atoms with van der Waals surface area (Å²) in [5.74, 6) is 0.358. The van der Waals surface area contributed by atoms with Crippen molar-refractivity contribution < 1.29 is 9.21 Å². The Labute approximate surface area is 115 Å². The highest BCUT2D eigenvalue weighted by Gasteiger charge is 2.19. The quantitative estimate of drug-likeness (QED) is 0.880. The highest BCUT2D eigenvalue weighted by atomic mass is 32.1. The molecule has 1 unspecified atom stereocenters. The summed E-state index contributed by atoms with van der Waals surface area (Å²) in [5.41, 5.74) is 6.18. The number of carbonyl (C=O) groups excluding carboxylic acids is 1. The average molecular weight is 279 g/mol. The predicted molar refractivity (Wildman–Crippen MR) is 73.8 cm³/mol. The fourth-order valence-corrected chi connectivity index (χ4v) is 2.15. The summed E-state index contributed by atoms with van der Waals surface area (Å²) in [5, 5.41) is 4.76. The summed E-state index contributed by atoms with van der Waals surface area (Å²) in [7, 11) is 0. The monoisotopic (exact) mass is 279 g/mol. The van der Waals surface area contributed by atoms with Crippen LogP contribution in [-0.4, -0.2) is 10.9 Å². The Hall–Kier alpha value is -1.66. The van der Waals surface area contributed by atoms with Crippen molar-refractivity contribution in [2.24, 2.45) is 11.7 Å². The highest BCUT2D eigenvalue weighted by molar-refractivity contribution is 7.09. The van der Waals surface area contributed by atoms with E-state index in [1.807, 2.05) is 31.4 Å². The average Bonchev–Trinajstić information content (AvgIpc) is 3.05. The largest absolute Gasteiger partial charge is 0.446 e. The van der Waals surface area contributed by atoms with Crippen molar-refractivity contribution in [1.82, 2.24) is 10.3 Å². The minimum atomic E-state index is -0.293. The van der Waals surface area contributed by atoms with E-state index in [1.54, 1.807) is 11.3 Å². The van der Waals surface area contributed by atoms with E-state index in [1.165, 1.54) is 6.26 Å². The molecule has 0 aliphatic heterocycles. The topological polar surface area (TPSA) is 81.1 Å². The fourth-order valence-electron chi connectivity index (χ4n) is 1.50. The molecule has 0 fully saturated rings. The summed E-state index contributed by atoms with van der Waals surface area (Å²) in [6.45, 7) is 4.45. The third kappa shape index (κ3) is 3.42. The van der Waals surface area contributed by atoms with E-state index in [-0.39, 0.29) is 23.6 Å². The Bertz CT molecular complexity index is 534. The molecule has 2 rings (SSSR count). The van der Waals surface area contributed by atoms with Crippen LogP contribution in [-0.2, 0) is 6.54 Å². The molecule has 19 heavy (non-hydrogen) atoms. The lowest BCUT2D eigenvalue weighted by molar-refractivity contribution is 0.0946. The predicted octanol–water partition coefficient (Wildman–Crippen LogP) is 2.32. The smallest absolute Gasteiger partial charge is 0.273 e. The van der Waals surface area contributed by atoms with Gasteiger partial charge in [0.15, 0.2) is 5.69 Å². The maximum Gasteiger partial charge on any atom is 0.273 e. The number of carbonyl (C=O) groups is 1. The number of thiophene rings is 1. The molecule has 0 saturated carbocycles. The van der Waals surface area contributed by atoms with Gasteiger partial charge in [0.2, 0.25) is 5.89 Å². The van der Waals surface area contributed by atoms with E-state index in [0.717, 1.165) is 4.88 Å². The van der Waals surface area contributed by atoms with Crippen molar-refractivity contribution in [1.29, 1.82) is 0 Å². The summed E-state index contributed by atoms with van der Waals surface area (Å²) in [6, 6.07) is 3.62. The molecule has 102 valence electrons. The second-order valence-electron chi connectivity index (χ2n) is 4.60. The molecule has 2 heterocycles. The van der Waals surface area contributed by atoms with Gasteiger partial charge < -0.3 is 15.5 Å². The van der Waals surface area contributed by atoms with Crippen molar-refractivity contribution in [2.45, 2.75) is 26.4 Å². The van der Waals surface area contributed by atoms with Gasteiger partial charge >= 0.3 is 0 Å². The van der Waals surface area contributed by atoms with Crippen molar-refractivity contribution in [3.63, 3.8) is 0 Å². The minimum Gasteiger partial charge on any atom is -0.446 e. The van der Waals surface area contributed by atoms with E-state index in [9.17, 15) is 4.79 Å². The van der Waals surface area contributed by atoms with E-state index < -0.39 is 0 Å². The lowest BCUT2D eigenvalue weighted by Crippen LogP contribution is -2.23. The number of rotatable bonds is 5. The van der Waals surface area contributed by atoms with Crippen LogP contribution in [0, 0.1) is 5.92 Å². The normalized spacial score (nSPS) is 12.6. The SMILES string of the molecule is CC(C)C(N)c1nc(C(=O)NCc2cccs2)co1. The van der Waals surface area contributed by atoms with Gasteiger partial charge in [0.1, 0.15) is 6.26 Å². The van der Waals surface area contributed by atoms with E-state index in [4.69, 9.17) is 10.2 Å². The van der Waals surface area contributed by atoms with E-state index in [0.29, 0.717) is 12.4 Å². The van der Waals surface area contributed by atoms with Gasteiger partial charge in [-0.15, -0.1) is 11.3 Å². The molecule has 1 atom stereocenters. The van der Waals surface area contributed by atoms with Gasteiger partial charge in [0, 0.05) is 4.88 Å². The van der Waals surface area contributed by atoms with Gasteiger partial charge in [-0.25, -0.2) is 4.98 Å². The van der Waals surface area contributed by atoms with Gasteiger partial charge in [-0.05, 0) is 17.4 Å². The maximum absolute atomic E-state index is 11.9. The summed E-state index contributed by atoms with van der Waals surface area (Å²) in [6.07, 6.45) is 1.35. The third-order valence-corrected chi connectivity index (χ3v) is 3.64. The molecular weight excluding hydrogens is 262 g/mol. The second kappa shape index (κ2) is 5.99. The molecule has 0 radical (unpaired) electrons. The van der Waals surface area contributed by atoms with Crippen molar-refractivity contribution in [3.8, 4) is 0 Å². The molecule has 3 N–H and O–H groups in total. The standard InChI is InChI=1S/C13H17N3O2S/c1-8(2)11(14)13-16-10(7-18-13)12(17)15-6-9-4-3-5-19-9/h3-5,7-8,11H,6,14H2,1-2H3,(H,15,17). The number of amides is 1. The van der Waals surface area contributed by atoms with Gasteiger partial charge in [-0.1, -0.05) is 19.9 Å². The number of nitrogens with one attached hydrogen (secondary N) is 1. The second-order valence-corrected chi connectivity index (χ2v) is 5.64. The Morgan fingerprint density at radius 2 is 2.37 bits per heavy atom. The number of oxazole rings is 1. The molecule has 0 spiro atoms. The first kappa shape index (κ1) is 13.8. The van der Waals surface area contributed by atoms with E-state index in [2.05, 4.69) is 10.3 Å². The van der Waals surface area contributed by atoms with Crippen LogP contribution in [0.25, 0.3) is 0 Å². The molecule has 0 aromatic carbocycles. The Morgan fingerprint density at radius 1 is 1.58 bits per heavy atom. The third-order valence-electron chi connectivity index (χ3n) is 2.76. The van der Waals surface area contributed by atoms with Crippen molar-refractivity contribution >= 4 is 17.2 Å². The van der Waals surface area contributed by atoms with Crippen LogP contribution in [0.5, 0.6) is 0 Å². The number of aromatic nitrogens is 1. The van der Waals surface area contributed by atoms with Crippen LogP contribution in [0.2, 0.25) is 0 Å². The fraction of sp³-hybridized carbons (Fsp3) is 0.385. The first-order valence-corrected chi connectivity index (χ1v) is 6.97. The molecule has 0 bridgehead atoms. The zero-order valence-corrected chi connectivity index (χ0v) is 11.7. The van der Waals surface area contributed by atoms with Gasteiger partial charge in [0.05, 0.1) is 12.6 Å². The van der Waals surface area contributed by atoms with Crippen LogP contribution in [0.3, 0.4) is 0 Å². The van der Waals surface area contributed by atoms with Gasteiger partial charge in [-0.2, -0.15) is 0 Å². The summed E-state index contributed by atoms with van der Waals surface area (Å²) in [4.78, 5) is 17.1. The zero-order valence-electron chi connectivity index (χ0n) is 10.9.